The summed E-state index contributed by atoms with van der Waals surface area (Å²) in [5.41, 5.74) is 0. The van der Waals surface area contributed by atoms with E-state index >= 15 is 0 Å². The maximum absolute atomic E-state index is 13.7. The number of halogens is 11. The van der Waals surface area contributed by atoms with Crippen molar-refractivity contribution in [2.45, 2.75) is 376 Å². The van der Waals surface area contributed by atoms with Gasteiger partial charge in [-0.05, 0) is 278 Å². The molecule has 0 amide bonds. The molecule has 0 aromatic carbocycles. The predicted molar refractivity (Wildman–Crippen MR) is 402 cm³/mol. The Kier molecular flexibility index (Phi) is 44.5. The average Bonchev–Trinajstić information content (AvgIpc) is 0.837. The Morgan fingerprint density at radius 2 is 0.586 bits per heavy atom. The van der Waals surface area contributed by atoms with Crippen LogP contribution in [0.3, 0.4) is 0 Å². The Morgan fingerprint density at radius 3 is 0.828 bits per heavy atom. The summed E-state index contributed by atoms with van der Waals surface area (Å²) in [6.07, 6.45) is 5.83. The van der Waals surface area contributed by atoms with Crippen LogP contribution in [0, 0.1) is 82.9 Å². The van der Waals surface area contributed by atoms with Crippen molar-refractivity contribution in [2.24, 2.45) is 82.9 Å². The third-order valence-corrected chi connectivity index (χ3v) is 23.4. The molecule has 7 nitrogen and oxygen atoms in total. The normalized spacial score (nSPS) is 27.9. The first-order valence-corrected chi connectivity index (χ1v) is 40.1. The van der Waals surface area contributed by atoms with Gasteiger partial charge in [-0.15, -0.1) is 0 Å². The first-order valence-electron chi connectivity index (χ1n) is 40.1. The molecule has 0 N–H and O–H groups in total. The van der Waals surface area contributed by atoms with E-state index in [1.807, 2.05) is 162 Å². The average molecular weight is 1440 g/mol. The van der Waals surface area contributed by atoms with Gasteiger partial charge >= 0.3 is 18.3 Å². The van der Waals surface area contributed by atoms with Crippen molar-refractivity contribution in [3.05, 3.63) is 0 Å². The Hall–Kier alpha value is -1.05. The number of piperidine rings is 7. The second-order valence-electron chi connectivity index (χ2n) is 35.2. The van der Waals surface area contributed by atoms with Crippen LogP contribution in [0.15, 0.2) is 0 Å². The van der Waals surface area contributed by atoms with Gasteiger partial charge < -0.3 is 4.90 Å². The first-order chi connectivity index (χ1) is 45.2. The van der Waals surface area contributed by atoms with Gasteiger partial charge in [-0.2, -0.15) is 30.7 Å². The highest BCUT2D eigenvalue weighted by Crippen LogP contribution is 2.43. The van der Waals surface area contributed by atoms with Crippen molar-refractivity contribution in [3.63, 3.8) is 0 Å². The lowest BCUT2D eigenvalue weighted by Crippen LogP contribution is -2.53. The molecule has 7 aliphatic heterocycles. The summed E-state index contributed by atoms with van der Waals surface area (Å²) < 4.78 is 148. The van der Waals surface area contributed by atoms with Gasteiger partial charge in [0.2, 0.25) is 0 Å². The fourth-order valence-electron chi connectivity index (χ4n) is 16.2. The molecule has 8 unspecified atom stereocenters. The molecule has 7 heterocycles. The highest BCUT2D eigenvalue weighted by molar-refractivity contribution is 4.93. The molecule has 0 aromatic heterocycles. The summed E-state index contributed by atoms with van der Waals surface area (Å²) in [5.74, 6) is -0.339. The number of rotatable bonds is 14. The van der Waals surface area contributed by atoms with Gasteiger partial charge in [0.05, 0.1) is 13.1 Å². The molecule has 99 heavy (non-hydrogen) atoms. The van der Waals surface area contributed by atoms with E-state index in [0.717, 1.165) is 74.1 Å². The predicted octanol–water partition coefficient (Wildman–Crippen LogP) is 23.4. The van der Waals surface area contributed by atoms with Crippen LogP contribution in [0.4, 0.5) is 48.3 Å². The van der Waals surface area contributed by atoms with Gasteiger partial charge in [-0.1, -0.05) is 111 Å². The van der Waals surface area contributed by atoms with Crippen LogP contribution < -0.4 is 0 Å². The van der Waals surface area contributed by atoms with Gasteiger partial charge in [0.15, 0.2) is 0 Å². The minimum absolute atomic E-state index is 0.0280. The van der Waals surface area contributed by atoms with Gasteiger partial charge in [0.25, 0.3) is 11.8 Å². The third-order valence-electron chi connectivity index (χ3n) is 23.4. The summed E-state index contributed by atoms with van der Waals surface area (Å²) in [6, 6.07) is -3.85. The number of nitrogens with zero attached hydrogens (tertiary/aromatic N) is 7. The summed E-state index contributed by atoms with van der Waals surface area (Å²) in [7, 11) is 0. The van der Waals surface area contributed by atoms with E-state index < -0.39 is 48.0 Å². The fraction of sp³-hybridized carbons (Fsp3) is 1.00. The van der Waals surface area contributed by atoms with E-state index in [0.29, 0.717) is 50.2 Å². The van der Waals surface area contributed by atoms with Crippen LogP contribution in [0.1, 0.15) is 292 Å². The van der Waals surface area contributed by atoms with Crippen molar-refractivity contribution < 1.29 is 48.3 Å². The number of alkyl halides is 11. The minimum atomic E-state index is -4.09. The minimum Gasteiger partial charge on any atom is -0.301 e. The molecule has 0 radical (unpaired) electrons. The van der Waals surface area contributed by atoms with E-state index in [-0.39, 0.29) is 92.2 Å². The molecule has 0 spiro atoms. The zero-order chi connectivity index (χ0) is 77.4. The van der Waals surface area contributed by atoms with Crippen LogP contribution in [-0.4, -0.2) is 184 Å². The second-order valence-corrected chi connectivity index (χ2v) is 35.2. The summed E-state index contributed by atoms with van der Waals surface area (Å²) in [4.78, 5) is 13.2. The van der Waals surface area contributed by atoms with Crippen molar-refractivity contribution in [3.8, 4) is 0 Å². The van der Waals surface area contributed by atoms with Gasteiger partial charge in [-0.25, -0.2) is 27.4 Å². The van der Waals surface area contributed by atoms with Crippen molar-refractivity contribution in [2.75, 3.05) is 65.4 Å². The second kappa shape index (κ2) is 44.9. The van der Waals surface area contributed by atoms with Gasteiger partial charge in [0, 0.05) is 86.1 Å². The largest absolute Gasteiger partial charge is 0.404 e. The molecule has 596 valence electrons. The monoisotopic (exact) mass is 1440 g/mol. The Bertz CT molecular complexity index is 1870. The zero-order valence-corrected chi connectivity index (χ0v) is 69.6. The van der Waals surface area contributed by atoms with Crippen LogP contribution in [0.2, 0.25) is 0 Å². The molecule has 7 fully saturated rings. The summed E-state index contributed by atoms with van der Waals surface area (Å²) in [6.45, 7) is 70.8. The highest BCUT2D eigenvalue weighted by Gasteiger charge is 2.50. The van der Waals surface area contributed by atoms with E-state index in [9.17, 15) is 48.3 Å². The molecule has 7 saturated heterocycles. The quantitative estimate of drug-likeness (QED) is 0.126. The maximum atomic E-state index is 13.7. The fourth-order valence-corrected chi connectivity index (χ4v) is 16.2. The zero-order valence-electron chi connectivity index (χ0n) is 69.6. The standard InChI is InChI=1S/C12H22F3N.C12H25N.4C11H21F2N.C11H23N.C2H6/c1-8(2)10-5-6-16(9(3)4)11(7-10)12(13,14)15;1-9(2)12-6-7-13(10(3)4)11(5)8-12;2*1-8(2)10-5-6-14(9(3)4)7-11(10,12)13;2*1-8(2)10-5-6-14(9(3)4)11(12,13)7-10;1-9(2)11-5-7-12(8-6-11)10(3)4;1-2/h8-11H,5-7H2,1-4H3;9-12H,6-8H2,1-5H3;4*8-10H,5-7H2,1-4H3;9-11H,5-8H2,1-4H3;1-2H3. The van der Waals surface area contributed by atoms with Crippen molar-refractivity contribution >= 4 is 0 Å². The third kappa shape index (κ3) is 33.7. The van der Waals surface area contributed by atoms with Crippen molar-refractivity contribution in [1.29, 1.82) is 0 Å². The molecule has 18 heteroatoms. The SMILES string of the molecule is CC.CC(C)C1CCN(C(C)C)C(C(F)(F)F)C1.CC(C)C1CCN(C(C)C)C(C)C1.CC(C)C1CCN(C(C)C)C(F)(F)C1.CC(C)C1CCN(C(C)C)C(F)(F)C1.CC(C)C1CCN(C(C)C)CC1.CC(C)C1CCN(C(C)C)CC1(F)F.CC(C)C1CCN(C(C)C)CC1(F)F. The first kappa shape index (κ1) is 98.0. The van der Waals surface area contributed by atoms with Crippen LogP contribution >= 0.6 is 0 Å². The Morgan fingerprint density at radius 1 is 0.303 bits per heavy atom. The lowest BCUT2D eigenvalue weighted by Gasteiger charge is -2.43. The summed E-state index contributed by atoms with van der Waals surface area (Å²) >= 11 is 0. The summed E-state index contributed by atoms with van der Waals surface area (Å²) in [5, 5.41) is 0. The molecule has 7 rings (SSSR count). The van der Waals surface area contributed by atoms with Crippen LogP contribution in [0.25, 0.3) is 0 Å². The molecule has 8 atom stereocenters. The lowest BCUT2D eigenvalue weighted by atomic mass is 9.82. The van der Waals surface area contributed by atoms with Gasteiger partial charge in [0.1, 0.15) is 6.04 Å². The molecule has 7 aliphatic rings. The number of hydrogen-bond acceptors (Lipinski definition) is 7. The lowest BCUT2D eigenvalue weighted by molar-refractivity contribution is -0.202. The number of hydrogen-bond donors (Lipinski definition) is 0. The number of likely N-dealkylation sites (tertiary alicyclic amines) is 7. The Balaban J connectivity index is 0.00000113. The maximum Gasteiger partial charge on any atom is 0.404 e. The van der Waals surface area contributed by atoms with Gasteiger partial charge in [-0.3, -0.25) is 19.6 Å². The molecule has 0 aliphatic carbocycles. The smallest absolute Gasteiger partial charge is 0.301 e. The topological polar surface area (TPSA) is 22.7 Å². The van der Waals surface area contributed by atoms with E-state index in [1.165, 1.54) is 55.1 Å². The molecular weight excluding hydrogens is 1280 g/mol. The van der Waals surface area contributed by atoms with Crippen LogP contribution in [0.5, 0.6) is 0 Å². The molecule has 0 aromatic rings. The Labute approximate surface area is 604 Å². The van der Waals surface area contributed by atoms with E-state index in [2.05, 4.69) is 72.1 Å². The van der Waals surface area contributed by atoms with E-state index in [1.54, 1.807) is 4.90 Å². The van der Waals surface area contributed by atoms with Crippen molar-refractivity contribution in [1.82, 2.24) is 34.3 Å². The molecule has 0 bridgehead atoms. The highest BCUT2D eigenvalue weighted by atomic mass is 19.4. The molecular formula is C81H160F11N7. The molecule has 0 saturated carbocycles. The van der Waals surface area contributed by atoms with Crippen LogP contribution in [-0.2, 0) is 0 Å². The van der Waals surface area contributed by atoms with E-state index in [4.69, 9.17) is 0 Å².